The van der Waals surface area contributed by atoms with E-state index in [2.05, 4.69) is 36.4 Å². The molecule has 0 aliphatic carbocycles. The lowest BCUT2D eigenvalue weighted by Gasteiger charge is -2.19. The van der Waals surface area contributed by atoms with Crippen LogP contribution in [0.4, 0.5) is 0 Å². The molecule has 0 saturated heterocycles. The lowest BCUT2D eigenvalue weighted by molar-refractivity contribution is 0.477. The molecule has 0 aromatic heterocycles. The average Bonchev–Trinajstić information content (AvgIpc) is 1.87. The van der Waals surface area contributed by atoms with Gasteiger partial charge in [0.15, 0.2) is 0 Å². The zero-order chi connectivity index (χ0) is 6.62. The molecule has 0 radical (unpaired) electrons. The molecule has 1 heteroatoms. The number of hydrogen-bond donors (Lipinski definition) is 0. The van der Waals surface area contributed by atoms with Crippen molar-refractivity contribution in [2.45, 2.75) is 20.3 Å². The minimum Gasteiger partial charge on any atom is -0.103 e. The monoisotopic (exact) mass is 176 g/mol. The summed E-state index contributed by atoms with van der Waals surface area (Å²) in [4.78, 5) is 0. The van der Waals surface area contributed by atoms with Crippen molar-refractivity contribution in [1.29, 1.82) is 0 Å². The zero-order valence-electron chi connectivity index (χ0n) is 5.58. The first-order valence-electron chi connectivity index (χ1n) is 2.88. The Balaban J connectivity index is 3.76. The third-order valence-corrected chi connectivity index (χ3v) is 2.89. The molecule has 0 aromatic rings. The second-order valence-electron chi connectivity index (χ2n) is 2.35. The molecule has 48 valence electrons. The van der Waals surface area contributed by atoms with Gasteiger partial charge in [-0.25, -0.2) is 0 Å². The lowest BCUT2D eigenvalue weighted by atomic mass is 9.91. The van der Waals surface area contributed by atoms with Gasteiger partial charge in [0.25, 0.3) is 0 Å². The Morgan fingerprint density at radius 1 is 1.75 bits per heavy atom. The summed E-state index contributed by atoms with van der Waals surface area (Å²) in [5, 5.41) is 1.01. The van der Waals surface area contributed by atoms with Crippen molar-refractivity contribution >= 4 is 15.9 Å². The Bertz CT molecular complexity index is 72.5. The van der Waals surface area contributed by atoms with Crippen LogP contribution in [-0.2, 0) is 0 Å². The van der Waals surface area contributed by atoms with Crippen LogP contribution in [0.3, 0.4) is 0 Å². The summed E-state index contributed by atoms with van der Waals surface area (Å²) in [7, 11) is 0. The first-order valence-corrected chi connectivity index (χ1v) is 4.00. The maximum Gasteiger partial charge on any atom is 0.0120 e. The van der Waals surface area contributed by atoms with Gasteiger partial charge >= 0.3 is 0 Å². The van der Waals surface area contributed by atoms with E-state index < -0.39 is 0 Å². The summed E-state index contributed by atoms with van der Waals surface area (Å²) in [6, 6.07) is 0. The first kappa shape index (κ1) is 8.22. The maximum atomic E-state index is 3.74. The third-order valence-electron chi connectivity index (χ3n) is 1.61. The Hall–Kier alpha value is 0.220. The number of allylic oxidation sites excluding steroid dienone is 1. The average molecular weight is 177 g/mol. The molecule has 0 amide bonds. The molecule has 0 rings (SSSR count). The van der Waals surface area contributed by atoms with Crippen LogP contribution in [0.2, 0.25) is 0 Å². The summed E-state index contributed by atoms with van der Waals surface area (Å²) < 4.78 is 0. The van der Waals surface area contributed by atoms with Gasteiger partial charge in [-0.15, -0.1) is 6.58 Å². The largest absolute Gasteiger partial charge is 0.103 e. The molecule has 0 heterocycles. The SMILES string of the molecule is C=CC(C)(CC)CBr. The second kappa shape index (κ2) is 3.29. The molecule has 8 heavy (non-hydrogen) atoms. The summed E-state index contributed by atoms with van der Waals surface area (Å²) >= 11 is 3.42. The van der Waals surface area contributed by atoms with Crippen molar-refractivity contribution < 1.29 is 0 Å². The van der Waals surface area contributed by atoms with E-state index in [0.29, 0.717) is 5.41 Å². The van der Waals surface area contributed by atoms with Gasteiger partial charge in [-0.2, -0.15) is 0 Å². The van der Waals surface area contributed by atoms with E-state index in [1.165, 1.54) is 0 Å². The van der Waals surface area contributed by atoms with Gasteiger partial charge in [0, 0.05) is 5.33 Å². The molecular formula is C7H13Br. The van der Waals surface area contributed by atoms with Gasteiger partial charge in [0.05, 0.1) is 0 Å². The predicted molar refractivity (Wildman–Crippen MR) is 42.4 cm³/mol. The van der Waals surface area contributed by atoms with Crippen LogP contribution in [-0.4, -0.2) is 5.33 Å². The van der Waals surface area contributed by atoms with Crippen molar-refractivity contribution in [2.24, 2.45) is 5.41 Å². The number of alkyl halides is 1. The molecular weight excluding hydrogens is 164 g/mol. The highest BCUT2D eigenvalue weighted by atomic mass is 79.9. The van der Waals surface area contributed by atoms with Gasteiger partial charge in [-0.05, 0) is 11.8 Å². The van der Waals surface area contributed by atoms with Gasteiger partial charge in [-0.1, -0.05) is 35.9 Å². The van der Waals surface area contributed by atoms with Crippen LogP contribution in [0.25, 0.3) is 0 Å². The molecule has 0 aromatic carbocycles. The standard InChI is InChI=1S/C7H13Br/c1-4-7(3,5-2)6-8/h4H,1,5-6H2,2-3H3. The van der Waals surface area contributed by atoms with Crippen LogP contribution in [0.15, 0.2) is 12.7 Å². The Morgan fingerprint density at radius 3 is 2.25 bits per heavy atom. The number of rotatable bonds is 3. The molecule has 0 fully saturated rings. The normalized spacial score (nSPS) is 17.4. The van der Waals surface area contributed by atoms with E-state index in [4.69, 9.17) is 0 Å². The molecule has 0 nitrogen and oxygen atoms in total. The fourth-order valence-corrected chi connectivity index (χ4v) is 0.919. The van der Waals surface area contributed by atoms with Crippen LogP contribution >= 0.6 is 15.9 Å². The summed E-state index contributed by atoms with van der Waals surface area (Å²) in [5.41, 5.74) is 0.306. The highest BCUT2D eigenvalue weighted by Gasteiger charge is 2.14. The molecule has 0 bridgehead atoms. The van der Waals surface area contributed by atoms with Crippen LogP contribution < -0.4 is 0 Å². The molecule has 0 saturated carbocycles. The van der Waals surface area contributed by atoms with E-state index in [1.807, 2.05) is 6.08 Å². The fourth-order valence-electron chi connectivity index (χ4n) is 0.293. The van der Waals surface area contributed by atoms with Crippen molar-refractivity contribution in [3.8, 4) is 0 Å². The number of hydrogen-bond acceptors (Lipinski definition) is 0. The zero-order valence-corrected chi connectivity index (χ0v) is 7.16. The Morgan fingerprint density at radius 2 is 2.25 bits per heavy atom. The van der Waals surface area contributed by atoms with E-state index in [1.54, 1.807) is 0 Å². The van der Waals surface area contributed by atoms with Crippen molar-refractivity contribution in [3.05, 3.63) is 12.7 Å². The van der Waals surface area contributed by atoms with Crippen molar-refractivity contribution in [3.63, 3.8) is 0 Å². The molecule has 0 spiro atoms. The van der Waals surface area contributed by atoms with E-state index in [-0.39, 0.29) is 0 Å². The molecule has 0 aliphatic rings. The Labute approximate surface area is 60.1 Å². The molecule has 1 atom stereocenters. The van der Waals surface area contributed by atoms with Gasteiger partial charge < -0.3 is 0 Å². The topological polar surface area (TPSA) is 0 Å². The van der Waals surface area contributed by atoms with E-state index >= 15 is 0 Å². The smallest absolute Gasteiger partial charge is 0.0120 e. The van der Waals surface area contributed by atoms with Crippen molar-refractivity contribution in [2.75, 3.05) is 5.33 Å². The lowest BCUT2D eigenvalue weighted by Crippen LogP contribution is -2.11. The quantitative estimate of drug-likeness (QED) is 0.459. The highest BCUT2D eigenvalue weighted by molar-refractivity contribution is 9.09. The summed E-state index contributed by atoms with van der Waals surface area (Å²) in [6.45, 7) is 8.10. The second-order valence-corrected chi connectivity index (χ2v) is 2.91. The van der Waals surface area contributed by atoms with Crippen LogP contribution in [0.1, 0.15) is 20.3 Å². The van der Waals surface area contributed by atoms with Gasteiger partial charge in [0.2, 0.25) is 0 Å². The van der Waals surface area contributed by atoms with Gasteiger partial charge in [0.1, 0.15) is 0 Å². The minimum absolute atomic E-state index is 0.306. The number of halogens is 1. The molecule has 0 aliphatic heterocycles. The molecule has 0 N–H and O–H groups in total. The minimum atomic E-state index is 0.306. The fraction of sp³-hybridized carbons (Fsp3) is 0.714. The van der Waals surface area contributed by atoms with Crippen molar-refractivity contribution in [1.82, 2.24) is 0 Å². The summed E-state index contributed by atoms with van der Waals surface area (Å²) in [6.07, 6.45) is 3.16. The molecule has 1 unspecified atom stereocenters. The summed E-state index contributed by atoms with van der Waals surface area (Å²) in [5.74, 6) is 0. The first-order chi connectivity index (χ1) is 3.68. The third kappa shape index (κ3) is 1.99. The highest BCUT2D eigenvalue weighted by Crippen LogP contribution is 2.23. The van der Waals surface area contributed by atoms with Crippen LogP contribution in [0.5, 0.6) is 0 Å². The predicted octanol–water partition coefficient (Wildman–Crippen LogP) is 2.98. The van der Waals surface area contributed by atoms with Gasteiger partial charge in [-0.3, -0.25) is 0 Å². The maximum absolute atomic E-state index is 3.74. The van der Waals surface area contributed by atoms with E-state index in [0.717, 1.165) is 11.8 Å². The van der Waals surface area contributed by atoms with Crippen LogP contribution in [0, 0.1) is 5.41 Å². The Kier molecular flexibility index (Phi) is 3.38. The van der Waals surface area contributed by atoms with E-state index in [9.17, 15) is 0 Å².